The summed E-state index contributed by atoms with van der Waals surface area (Å²) in [5.74, 6) is -0.200. The molecule has 94 valence electrons. The Labute approximate surface area is 130 Å². The number of anilines is 1. The van der Waals surface area contributed by atoms with Crippen LogP contribution in [-0.2, 0) is 6.54 Å². The van der Waals surface area contributed by atoms with E-state index in [0.717, 1.165) is 19.1 Å². The topological polar surface area (TPSA) is 12.0 Å². The maximum atomic E-state index is 13.5. The Balaban J connectivity index is 2.19. The molecule has 0 radical (unpaired) electrons. The van der Waals surface area contributed by atoms with E-state index in [-0.39, 0.29) is 5.82 Å². The first-order valence-electron chi connectivity index (χ1n) is 5.20. The highest BCUT2D eigenvalue weighted by molar-refractivity contribution is 9.11. The van der Waals surface area contributed by atoms with Crippen LogP contribution in [0.5, 0.6) is 0 Å². The van der Waals surface area contributed by atoms with Gasteiger partial charge in [0.1, 0.15) is 5.82 Å². The van der Waals surface area contributed by atoms with Crippen molar-refractivity contribution in [1.29, 1.82) is 0 Å². The second-order valence-corrected chi connectivity index (χ2v) is 6.31. The van der Waals surface area contributed by atoms with Crippen LogP contribution in [0.1, 0.15) is 5.56 Å². The smallest absolute Gasteiger partial charge is 0.128 e. The molecule has 18 heavy (non-hydrogen) atoms. The minimum Gasteiger partial charge on any atom is -0.379 e. The van der Waals surface area contributed by atoms with Crippen LogP contribution in [0.25, 0.3) is 0 Å². The van der Waals surface area contributed by atoms with Gasteiger partial charge in [-0.1, -0.05) is 34.1 Å². The van der Waals surface area contributed by atoms with Gasteiger partial charge in [0.15, 0.2) is 0 Å². The summed E-state index contributed by atoms with van der Waals surface area (Å²) >= 11 is 10.4. The molecule has 2 rings (SSSR count). The molecule has 0 spiro atoms. The predicted molar refractivity (Wildman–Crippen MR) is 83.3 cm³/mol. The summed E-state index contributed by atoms with van der Waals surface area (Å²) in [6, 6.07) is 10.6. The fourth-order valence-electron chi connectivity index (χ4n) is 1.54. The molecule has 0 bridgehead atoms. The maximum Gasteiger partial charge on any atom is 0.128 e. The summed E-state index contributed by atoms with van der Waals surface area (Å²) in [6.07, 6.45) is 0. The van der Waals surface area contributed by atoms with E-state index in [0.29, 0.717) is 12.1 Å². The molecule has 2 aromatic carbocycles. The zero-order valence-corrected chi connectivity index (χ0v) is 13.9. The Morgan fingerprint density at radius 2 is 1.61 bits per heavy atom. The molecule has 0 aliphatic heterocycles. The van der Waals surface area contributed by atoms with Gasteiger partial charge < -0.3 is 5.32 Å². The molecule has 0 aliphatic rings. The van der Waals surface area contributed by atoms with E-state index in [4.69, 9.17) is 0 Å². The molecule has 0 aliphatic carbocycles. The molecule has 1 nitrogen and oxygen atoms in total. The van der Waals surface area contributed by atoms with E-state index in [1.807, 2.05) is 18.2 Å². The first kappa shape index (κ1) is 14.0. The van der Waals surface area contributed by atoms with Crippen LogP contribution in [0.15, 0.2) is 49.8 Å². The molecule has 0 fully saturated rings. The van der Waals surface area contributed by atoms with Crippen molar-refractivity contribution in [2.75, 3.05) is 5.32 Å². The van der Waals surface area contributed by atoms with Crippen LogP contribution in [0.3, 0.4) is 0 Å². The molecule has 2 aromatic rings. The van der Waals surface area contributed by atoms with Gasteiger partial charge in [-0.05, 0) is 50.1 Å². The van der Waals surface area contributed by atoms with Crippen LogP contribution in [0.4, 0.5) is 10.1 Å². The van der Waals surface area contributed by atoms with E-state index in [1.165, 1.54) is 6.07 Å². The lowest BCUT2D eigenvalue weighted by atomic mass is 10.2. The lowest BCUT2D eigenvalue weighted by molar-refractivity contribution is 0.613. The molecular weight excluding hydrogens is 429 g/mol. The lowest BCUT2D eigenvalue weighted by Crippen LogP contribution is -2.02. The largest absolute Gasteiger partial charge is 0.379 e. The Kier molecular flexibility index (Phi) is 4.81. The summed E-state index contributed by atoms with van der Waals surface area (Å²) in [4.78, 5) is 0. The quantitative estimate of drug-likeness (QED) is 0.647. The third-order valence-electron chi connectivity index (χ3n) is 2.42. The number of halogens is 4. The molecule has 0 atom stereocenters. The highest BCUT2D eigenvalue weighted by atomic mass is 79.9. The highest BCUT2D eigenvalue weighted by Crippen LogP contribution is 2.34. The van der Waals surface area contributed by atoms with Crippen molar-refractivity contribution in [2.45, 2.75) is 6.54 Å². The first-order valence-corrected chi connectivity index (χ1v) is 7.57. The molecule has 0 saturated carbocycles. The van der Waals surface area contributed by atoms with Crippen LogP contribution in [0.2, 0.25) is 0 Å². The first-order chi connectivity index (χ1) is 8.58. The van der Waals surface area contributed by atoms with Crippen molar-refractivity contribution < 1.29 is 4.39 Å². The Morgan fingerprint density at radius 3 is 2.22 bits per heavy atom. The second-order valence-electron chi connectivity index (χ2n) is 3.69. The SMILES string of the molecule is Fc1ccccc1CNc1c(Br)cc(Br)cc1Br. The maximum absolute atomic E-state index is 13.5. The van der Waals surface area contributed by atoms with Crippen molar-refractivity contribution >= 4 is 53.5 Å². The van der Waals surface area contributed by atoms with Crippen molar-refractivity contribution in [3.8, 4) is 0 Å². The number of benzene rings is 2. The number of nitrogens with one attached hydrogen (secondary N) is 1. The third kappa shape index (κ3) is 3.33. The van der Waals surface area contributed by atoms with Crippen LogP contribution >= 0.6 is 47.8 Å². The van der Waals surface area contributed by atoms with Gasteiger partial charge >= 0.3 is 0 Å². The van der Waals surface area contributed by atoms with Crippen molar-refractivity contribution in [3.05, 3.63) is 61.2 Å². The van der Waals surface area contributed by atoms with Gasteiger partial charge in [-0.25, -0.2) is 4.39 Å². The molecule has 5 heteroatoms. The summed E-state index contributed by atoms with van der Waals surface area (Å²) in [5, 5.41) is 3.21. The van der Waals surface area contributed by atoms with Crippen molar-refractivity contribution in [3.63, 3.8) is 0 Å². The van der Waals surface area contributed by atoms with E-state index < -0.39 is 0 Å². The predicted octanol–water partition coefficient (Wildman–Crippen LogP) is 5.73. The zero-order chi connectivity index (χ0) is 13.1. The van der Waals surface area contributed by atoms with E-state index in [1.54, 1.807) is 12.1 Å². The minimum atomic E-state index is -0.200. The standard InChI is InChI=1S/C13H9Br3FN/c14-9-5-10(15)13(11(16)6-9)18-7-8-3-1-2-4-12(8)17/h1-6,18H,7H2. The summed E-state index contributed by atoms with van der Waals surface area (Å²) < 4.78 is 16.3. The zero-order valence-electron chi connectivity index (χ0n) is 9.18. The number of hydrogen-bond donors (Lipinski definition) is 1. The van der Waals surface area contributed by atoms with E-state index in [9.17, 15) is 4.39 Å². The van der Waals surface area contributed by atoms with Gasteiger partial charge in [-0.2, -0.15) is 0 Å². The number of hydrogen-bond acceptors (Lipinski definition) is 1. The minimum absolute atomic E-state index is 0.200. The van der Waals surface area contributed by atoms with Gasteiger partial charge in [-0.3, -0.25) is 0 Å². The summed E-state index contributed by atoms with van der Waals surface area (Å²) in [5.41, 5.74) is 1.54. The molecular formula is C13H9Br3FN. The van der Waals surface area contributed by atoms with Gasteiger partial charge in [0.2, 0.25) is 0 Å². The summed E-state index contributed by atoms with van der Waals surface area (Å²) in [7, 11) is 0. The molecule has 0 amide bonds. The monoisotopic (exact) mass is 435 g/mol. The average molecular weight is 438 g/mol. The van der Waals surface area contributed by atoms with Gasteiger partial charge in [-0.15, -0.1) is 0 Å². The second kappa shape index (κ2) is 6.17. The van der Waals surface area contributed by atoms with E-state index in [2.05, 4.69) is 53.1 Å². The van der Waals surface area contributed by atoms with E-state index >= 15 is 0 Å². The van der Waals surface area contributed by atoms with Crippen molar-refractivity contribution in [1.82, 2.24) is 0 Å². The third-order valence-corrected chi connectivity index (χ3v) is 4.13. The molecule has 0 heterocycles. The van der Waals surface area contributed by atoms with Crippen LogP contribution in [0, 0.1) is 5.82 Å². The fourth-order valence-corrected chi connectivity index (χ4v) is 4.08. The van der Waals surface area contributed by atoms with Gasteiger partial charge in [0.25, 0.3) is 0 Å². The Hall–Kier alpha value is -0.390. The summed E-state index contributed by atoms with van der Waals surface area (Å²) in [6.45, 7) is 0.436. The van der Waals surface area contributed by atoms with Gasteiger partial charge in [0.05, 0.1) is 5.69 Å². The normalized spacial score (nSPS) is 10.4. The number of rotatable bonds is 3. The highest BCUT2D eigenvalue weighted by Gasteiger charge is 2.07. The molecule has 1 N–H and O–H groups in total. The lowest BCUT2D eigenvalue weighted by Gasteiger charge is -2.12. The average Bonchev–Trinajstić information content (AvgIpc) is 2.30. The Bertz CT molecular complexity index is 549. The molecule has 0 saturated heterocycles. The van der Waals surface area contributed by atoms with Crippen molar-refractivity contribution in [2.24, 2.45) is 0 Å². The fraction of sp³-hybridized carbons (Fsp3) is 0.0769. The molecule has 0 aromatic heterocycles. The van der Waals surface area contributed by atoms with Gasteiger partial charge in [0, 0.05) is 25.5 Å². The Morgan fingerprint density at radius 1 is 1.00 bits per heavy atom. The molecule has 0 unspecified atom stereocenters. The van der Waals surface area contributed by atoms with Crippen LogP contribution < -0.4 is 5.32 Å². The van der Waals surface area contributed by atoms with Crippen LogP contribution in [-0.4, -0.2) is 0 Å².